The summed E-state index contributed by atoms with van der Waals surface area (Å²) >= 11 is 0.615. The van der Waals surface area contributed by atoms with Gasteiger partial charge in [0, 0.05) is 12.0 Å². The molecule has 1 fully saturated rings. The van der Waals surface area contributed by atoms with Gasteiger partial charge >= 0.3 is 51.4 Å². The molecule has 1 saturated heterocycles. The van der Waals surface area contributed by atoms with Crippen LogP contribution in [0.3, 0.4) is 0 Å². The molecule has 0 unspecified atom stereocenters. The van der Waals surface area contributed by atoms with Gasteiger partial charge in [-0.15, -0.1) is 0 Å². The fourth-order valence-electron chi connectivity index (χ4n) is 2.15. The Morgan fingerprint density at radius 1 is 1.14 bits per heavy atom. The molecule has 160 valence electrons. The van der Waals surface area contributed by atoms with E-state index in [0.717, 1.165) is 6.26 Å². The van der Waals surface area contributed by atoms with Crippen molar-refractivity contribution in [3.63, 3.8) is 0 Å². The third-order valence-electron chi connectivity index (χ3n) is 3.49. The average molecular weight is 492 g/mol. The Bertz CT molecular complexity index is 712. The van der Waals surface area contributed by atoms with Crippen LogP contribution in [-0.4, -0.2) is 95.3 Å². The van der Waals surface area contributed by atoms with Crippen molar-refractivity contribution in [3.8, 4) is 0 Å². The number of aliphatic hydroxyl groups is 4. The Morgan fingerprint density at radius 3 is 2.25 bits per heavy atom. The maximum atomic E-state index is 11.1. The van der Waals surface area contributed by atoms with E-state index in [2.05, 4.69) is 9.44 Å². The summed E-state index contributed by atoms with van der Waals surface area (Å²) in [6.07, 6.45) is -4.52. The summed E-state index contributed by atoms with van der Waals surface area (Å²) in [5, 5.41) is 41.7. The van der Waals surface area contributed by atoms with E-state index in [-0.39, 0.29) is 81.4 Å². The maximum absolute atomic E-state index is 11.1. The molecule has 0 bridgehead atoms. The van der Waals surface area contributed by atoms with Crippen molar-refractivity contribution in [1.29, 1.82) is 0 Å². The summed E-state index contributed by atoms with van der Waals surface area (Å²) in [6, 6.07) is 0. The molecule has 4 N–H and O–H groups in total. The van der Waals surface area contributed by atoms with E-state index in [1.165, 1.54) is 0 Å². The summed E-state index contributed by atoms with van der Waals surface area (Å²) in [5.74, 6) is -0.119. The third-order valence-corrected chi connectivity index (χ3v) is 5.95. The van der Waals surface area contributed by atoms with Crippen LogP contribution in [0.4, 0.5) is 0 Å². The SMILES string of the molecule is CS(=O)(=O)CCCC/C(=N/OS(=O)(=O)[O-])S[C@@H]1O[C@H](CO)[C@@H](O)[C@H](O)[C@H]1O.[K+]. The molecular weight excluding hydrogens is 469 g/mol. The average Bonchev–Trinajstić information content (AvgIpc) is 2.54. The van der Waals surface area contributed by atoms with Crippen molar-refractivity contribution in [3.05, 3.63) is 0 Å². The number of nitrogens with zero attached hydrogens (tertiary/aromatic N) is 1. The van der Waals surface area contributed by atoms with Crippen molar-refractivity contribution in [2.75, 3.05) is 18.6 Å². The van der Waals surface area contributed by atoms with Crippen molar-refractivity contribution < 1.29 is 102 Å². The minimum atomic E-state index is -5.14. The molecule has 0 spiro atoms. The first-order valence-corrected chi connectivity index (χ1v) is 12.0. The summed E-state index contributed by atoms with van der Waals surface area (Å²) < 4.78 is 63.1. The van der Waals surface area contributed by atoms with E-state index in [9.17, 15) is 36.7 Å². The van der Waals surface area contributed by atoms with Crippen LogP contribution in [0.25, 0.3) is 0 Å². The van der Waals surface area contributed by atoms with Crippen molar-refractivity contribution in [1.82, 2.24) is 0 Å². The first-order valence-electron chi connectivity index (χ1n) is 7.70. The fourth-order valence-corrected chi connectivity index (χ4v) is 4.22. The van der Waals surface area contributed by atoms with Gasteiger partial charge in [-0.25, -0.2) is 8.42 Å². The normalized spacial score (nSPS) is 29.2. The number of rotatable bonds is 9. The van der Waals surface area contributed by atoms with Gasteiger partial charge in [0.2, 0.25) is 0 Å². The van der Waals surface area contributed by atoms with Gasteiger partial charge in [0.05, 0.1) is 6.61 Å². The fraction of sp³-hybridized carbons (Fsp3) is 0.917. The summed E-state index contributed by atoms with van der Waals surface area (Å²) in [5.41, 5.74) is -1.26. The molecule has 0 amide bonds. The van der Waals surface area contributed by atoms with E-state index in [1.807, 2.05) is 0 Å². The molecule has 16 heteroatoms. The van der Waals surface area contributed by atoms with E-state index >= 15 is 0 Å². The van der Waals surface area contributed by atoms with Gasteiger partial charge in [-0.2, -0.15) is 8.42 Å². The summed E-state index contributed by atoms with van der Waals surface area (Å²) in [6.45, 7) is -0.658. The first-order chi connectivity index (χ1) is 12.3. The van der Waals surface area contributed by atoms with Crippen LogP contribution >= 0.6 is 11.8 Å². The van der Waals surface area contributed by atoms with Gasteiger partial charge in [0.1, 0.15) is 44.7 Å². The quantitative estimate of drug-likeness (QED) is 0.0454. The zero-order chi connectivity index (χ0) is 20.8. The summed E-state index contributed by atoms with van der Waals surface area (Å²) in [7, 11) is -8.34. The number of thioether (sulfide) groups is 1. The van der Waals surface area contributed by atoms with Crippen LogP contribution in [0.2, 0.25) is 0 Å². The molecule has 0 aliphatic carbocycles. The minimum absolute atomic E-state index is 0. The topological polar surface area (TPSA) is 203 Å². The van der Waals surface area contributed by atoms with Gasteiger partial charge in [0.25, 0.3) is 10.4 Å². The number of hydrogen-bond acceptors (Lipinski definition) is 13. The molecular formula is C12H22KNO11S3. The summed E-state index contributed by atoms with van der Waals surface area (Å²) in [4.78, 5) is 0. The van der Waals surface area contributed by atoms with Gasteiger partial charge in [-0.05, 0) is 19.3 Å². The Kier molecular flexibility index (Phi) is 13.4. The monoisotopic (exact) mass is 491 g/mol. The van der Waals surface area contributed by atoms with E-state index in [4.69, 9.17) is 9.84 Å². The van der Waals surface area contributed by atoms with Crippen LogP contribution < -0.4 is 51.4 Å². The molecule has 1 heterocycles. The van der Waals surface area contributed by atoms with Crippen molar-refractivity contribution in [2.45, 2.75) is 49.1 Å². The molecule has 0 radical (unpaired) electrons. The second-order valence-electron chi connectivity index (χ2n) is 5.87. The molecule has 0 aromatic rings. The van der Waals surface area contributed by atoms with Crippen LogP contribution in [0.15, 0.2) is 5.16 Å². The predicted octanol–water partition coefficient (Wildman–Crippen LogP) is -5.47. The Morgan fingerprint density at radius 2 is 1.75 bits per heavy atom. The number of aliphatic hydroxyl groups excluding tert-OH is 4. The molecule has 5 atom stereocenters. The molecule has 0 aromatic carbocycles. The van der Waals surface area contributed by atoms with Crippen LogP contribution in [-0.2, 0) is 29.3 Å². The molecule has 28 heavy (non-hydrogen) atoms. The van der Waals surface area contributed by atoms with E-state index in [0.29, 0.717) is 11.8 Å². The van der Waals surface area contributed by atoms with Crippen LogP contribution in [0.1, 0.15) is 19.3 Å². The maximum Gasteiger partial charge on any atom is 1.00 e. The minimum Gasteiger partial charge on any atom is -0.714 e. The Labute approximate surface area is 210 Å². The van der Waals surface area contributed by atoms with Gasteiger partial charge in [-0.1, -0.05) is 16.9 Å². The zero-order valence-corrected chi connectivity index (χ0v) is 20.8. The second-order valence-corrected chi connectivity index (χ2v) is 10.3. The molecule has 0 saturated carbocycles. The molecule has 1 rings (SSSR count). The number of ether oxygens (including phenoxy) is 1. The molecule has 1 aliphatic rings. The third kappa shape index (κ3) is 10.9. The number of sulfone groups is 1. The van der Waals surface area contributed by atoms with Gasteiger partial charge < -0.3 is 29.7 Å². The molecule has 0 aromatic heterocycles. The number of unbranched alkanes of at least 4 members (excludes halogenated alkanes) is 1. The predicted molar refractivity (Wildman–Crippen MR) is 93.1 cm³/mol. The van der Waals surface area contributed by atoms with Crippen LogP contribution in [0, 0.1) is 0 Å². The van der Waals surface area contributed by atoms with Crippen molar-refractivity contribution >= 4 is 37.0 Å². The molecule has 1 aliphatic heterocycles. The first kappa shape index (κ1) is 29.1. The van der Waals surface area contributed by atoms with E-state index < -0.39 is 56.7 Å². The Hall–Kier alpha value is 1.12. The van der Waals surface area contributed by atoms with Gasteiger partial charge in [0.15, 0.2) is 0 Å². The Balaban J connectivity index is 0.00000729. The van der Waals surface area contributed by atoms with Gasteiger partial charge in [-0.3, -0.25) is 4.28 Å². The number of oxime groups is 1. The van der Waals surface area contributed by atoms with E-state index in [1.54, 1.807) is 0 Å². The second kappa shape index (κ2) is 12.8. The standard InChI is InChI=1S/C12H23NO11S3.K/c1-26(18,19)5-3-2-4-8(13-24-27(20,21)22)25-12-11(17)10(16)9(15)7(6-14)23-12;/h7,9-12,14-17H,2-6H2,1H3,(H,20,21,22);/q;+1/p-1/b13-8-;/t7-,9-,10+,11-,12+;/m1./s1. The zero-order valence-electron chi connectivity index (χ0n) is 15.2. The van der Waals surface area contributed by atoms with Crippen molar-refractivity contribution in [2.24, 2.45) is 5.16 Å². The largest absolute Gasteiger partial charge is 1.00 e. The number of hydrogen-bond donors (Lipinski definition) is 4. The van der Waals surface area contributed by atoms with Crippen LogP contribution in [0.5, 0.6) is 0 Å². The smallest absolute Gasteiger partial charge is 0.714 e. The molecule has 12 nitrogen and oxygen atoms in total.